The smallest absolute Gasteiger partial charge is 0.256 e. The van der Waals surface area contributed by atoms with E-state index in [1.54, 1.807) is 40.5 Å². The van der Waals surface area contributed by atoms with E-state index in [0.717, 1.165) is 23.3 Å². The molecule has 0 atom stereocenters. The summed E-state index contributed by atoms with van der Waals surface area (Å²) in [6.45, 7) is 3.17. The molecule has 1 saturated carbocycles. The number of halogens is 1. The van der Waals surface area contributed by atoms with Gasteiger partial charge in [-0.25, -0.2) is 0 Å². The Kier molecular flexibility index (Phi) is 6.73. The van der Waals surface area contributed by atoms with Crippen molar-refractivity contribution in [2.24, 2.45) is 0 Å². The highest BCUT2D eigenvalue weighted by molar-refractivity contribution is 7.11. The zero-order valence-corrected chi connectivity index (χ0v) is 19.0. The average molecular weight is 453 g/mol. The van der Waals surface area contributed by atoms with Crippen LogP contribution in [0.5, 0.6) is 0 Å². The van der Waals surface area contributed by atoms with Crippen molar-refractivity contribution in [1.29, 1.82) is 0 Å². The summed E-state index contributed by atoms with van der Waals surface area (Å²) in [5.41, 5.74) is 1.52. The molecule has 4 nitrogen and oxygen atoms in total. The van der Waals surface area contributed by atoms with Gasteiger partial charge in [0.25, 0.3) is 5.91 Å². The minimum Gasteiger partial charge on any atom is -0.332 e. The van der Waals surface area contributed by atoms with Crippen molar-refractivity contribution in [3.8, 4) is 0 Å². The summed E-state index contributed by atoms with van der Waals surface area (Å²) in [5, 5.41) is 0.417. The van der Waals surface area contributed by atoms with Crippen molar-refractivity contribution in [3.05, 3.63) is 92.6 Å². The van der Waals surface area contributed by atoms with Gasteiger partial charge in [-0.3, -0.25) is 9.59 Å². The standard InChI is InChI=1S/C25H25ClN2O2S/c1-18-11-14-21(31-18)16-27(15-19-7-3-2-4-8-19)24(29)17-28(20-12-13-20)25(30)22-9-5-6-10-23(22)26/h2-11,14,20H,12-13,15-17H2,1H3. The number of benzene rings is 2. The lowest BCUT2D eigenvalue weighted by Crippen LogP contribution is -2.43. The molecule has 1 aliphatic carbocycles. The Morgan fingerprint density at radius 1 is 0.968 bits per heavy atom. The molecular formula is C25H25ClN2O2S. The quantitative estimate of drug-likeness (QED) is 0.450. The van der Waals surface area contributed by atoms with Crippen molar-refractivity contribution in [2.45, 2.75) is 38.9 Å². The zero-order valence-electron chi connectivity index (χ0n) is 17.5. The highest BCUT2D eigenvalue weighted by Crippen LogP contribution is 2.30. The molecule has 0 unspecified atom stereocenters. The number of carbonyl (C=O) groups is 2. The Bertz CT molecular complexity index is 1060. The third-order valence-electron chi connectivity index (χ3n) is 5.37. The monoisotopic (exact) mass is 452 g/mol. The summed E-state index contributed by atoms with van der Waals surface area (Å²) in [7, 11) is 0. The average Bonchev–Trinajstić information content (AvgIpc) is 3.53. The van der Waals surface area contributed by atoms with Crippen LogP contribution in [0.25, 0.3) is 0 Å². The lowest BCUT2D eigenvalue weighted by Gasteiger charge is -2.28. The Morgan fingerprint density at radius 3 is 2.32 bits per heavy atom. The van der Waals surface area contributed by atoms with E-state index >= 15 is 0 Å². The molecule has 2 aromatic carbocycles. The molecule has 0 radical (unpaired) electrons. The van der Waals surface area contributed by atoms with E-state index in [1.807, 2.05) is 35.2 Å². The van der Waals surface area contributed by atoms with Crippen LogP contribution in [0.15, 0.2) is 66.7 Å². The van der Waals surface area contributed by atoms with Crippen LogP contribution in [0.2, 0.25) is 5.02 Å². The number of hydrogen-bond acceptors (Lipinski definition) is 3. The Hall–Kier alpha value is -2.63. The fourth-order valence-electron chi connectivity index (χ4n) is 3.58. The first-order valence-electron chi connectivity index (χ1n) is 10.4. The van der Waals surface area contributed by atoms with Crippen molar-refractivity contribution >= 4 is 34.8 Å². The molecule has 0 N–H and O–H groups in total. The van der Waals surface area contributed by atoms with Gasteiger partial charge in [-0.05, 0) is 49.6 Å². The van der Waals surface area contributed by atoms with Gasteiger partial charge in [0, 0.05) is 22.3 Å². The fraction of sp³-hybridized carbons (Fsp3) is 0.280. The van der Waals surface area contributed by atoms with Crippen LogP contribution in [0, 0.1) is 6.92 Å². The van der Waals surface area contributed by atoms with Crippen molar-refractivity contribution in [2.75, 3.05) is 6.54 Å². The summed E-state index contributed by atoms with van der Waals surface area (Å²) >= 11 is 7.96. The molecule has 160 valence electrons. The highest BCUT2D eigenvalue weighted by Gasteiger charge is 2.36. The molecule has 1 aliphatic rings. The summed E-state index contributed by atoms with van der Waals surface area (Å²) in [4.78, 5) is 32.5. The maximum absolute atomic E-state index is 13.4. The molecule has 31 heavy (non-hydrogen) atoms. The van der Waals surface area contributed by atoms with Gasteiger partial charge in [-0.1, -0.05) is 54.1 Å². The SMILES string of the molecule is Cc1ccc(CN(Cc2ccccc2)C(=O)CN(C(=O)c2ccccc2Cl)C2CC2)s1. The third-order valence-corrected chi connectivity index (χ3v) is 6.69. The predicted molar refractivity (Wildman–Crippen MR) is 125 cm³/mol. The molecular weight excluding hydrogens is 428 g/mol. The van der Waals surface area contributed by atoms with Crippen LogP contribution in [-0.4, -0.2) is 34.2 Å². The lowest BCUT2D eigenvalue weighted by atomic mass is 10.2. The first kappa shape index (κ1) is 21.6. The van der Waals surface area contributed by atoms with Crippen molar-refractivity contribution in [1.82, 2.24) is 9.80 Å². The summed E-state index contributed by atoms with van der Waals surface area (Å²) in [5.74, 6) is -0.227. The first-order chi connectivity index (χ1) is 15.0. The van der Waals surface area contributed by atoms with Gasteiger partial charge in [0.1, 0.15) is 6.54 Å². The maximum Gasteiger partial charge on any atom is 0.256 e. The third kappa shape index (κ3) is 5.54. The van der Waals surface area contributed by atoms with Crippen LogP contribution >= 0.6 is 22.9 Å². The minimum atomic E-state index is -0.173. The summed E-state index contributed by atoms with van der Waals surface area (Å²) in [6, 6.07) is 21.2. The molecule has 1 fully saturated rings. The van der Waals surface area contributed by atoms with Crippen molar-refractivity contribution < 1.29 is 9.59 Å². The van der Waals surface area contributed by atoms with Gasteiger partial charge in [0.15, 0.2) is 0 Å². The van der Waals surface area contributed by atoms with Gasteiger partial charge < -0.3 is 9.80 Å². The van der Waals surface area contributed by atoms with E-state index in [1.165, 1.54) is 4.88 Å². The molecule has 0 spiro atoms. The molecule has 1 heterocycles. The van der Waals surface area contributed by atoms with E-state index in [9.17, 15) is 9.59 Å². The number of nitrogens with zero attached hydrogens (tertiary/aromatic N) is 2. The van der Waals surface area contributed by atoms with Gasteiger partial charge in [-0.2, -0.15) is 0 Å². The molecule has 0 bridgehead atoms. The van der Waals surface area contributed by atoms with Crippen LogP contribution in [0.3, 0.4) is 0 Å². The number of rotatable bonds is 8. The normalized spacial score (nSPS) is 13.1. The van der Waals surface area contributed by atoms with E-state index < -0.39 is 0 Å². The number of aryl methyl sites for hydroxylation is 1. The lowest BCUT2D eigenvalue weighted by molar-refractivity contribution is -0.133. The molecule has 2 amide bonds. The van der Waals surface area contributed by atoms with Crippen molar-refractivity contribution in [3.63, 3.8) is 0 Å². The molecule has 0 saturated heterocycles. The van der Waals surface area contributed by atoms with E-state index in [4.69, 9.17) is 11.6 Å². The molecule has 4 rings (SSSR count). The largest absolute Gasteiger partial charge is 0.332 e. The van der Waals surface area contributed by atoms with Crippen LogP contribution in [0.4, 0.5) is 0 Å². The first-order valence-corrected chi connectivity index (χ1v) is 11.6. The van der Waals surface area contributed by atoms with E-state index in [-0.39, 0.29) is 24.4 Å². The summed E-state index contributed by atoms with van der Waals surface area (Å²) in [6.07, 6.45) is 1.85. The number of carbonyl (C=O) groups excluding carboxylic acids is 2. The zero-order chi connectivity index (χ0) is 21.8. The maximum atomic E-state index is 13.4. The van der Waals surface area contributed by atoms with Gasteiger partial charge in [0.05, 0.1) is 17.1 Å². The highest BCUT2D eigenvalue weighted by atomic mass is 35.5. The molecule has 3 aromatic rings. The van der Waals surface area contributed by atoms with E-state index in [2.05, 4.69) is 19.1 Å². The Labute approximate surface area is 192 Å². The molecule has 0 aliphatic heterocycles. The van der Waals surface area contributed by atoms with Crippen LogP contribution < -0.4 is 0 Å². The molecule has 1 aromatic heterocycles. The topological polar surface area (TPSA) is 40.6 Å². The number of amides is 2. The number of thiophene rings is 1. The Balaban J connectivity index is 1.54. The van der Waals surface area contributed by atoms with Crippen LogP contribution in [0.1, 0.15) is 38.5 Å². The second kappa shape index (κ2) is 9.67. The number of hydrogen-bond donors (Lipinski definition) is 0. The predicted octanol–water partition coefficient (Wildman–Crippen LogP) is 5.54. The van der Waals surface area contributed by atoms with Gasteiger partial charge >= 0.3 is 0 Å². The van der Waals surface area contributed by atoms with Gasteiger partial charge in [0.2, 0.25) is 5.91 Å². The Morgan fingerprint density at radius 2 is 1.68 bits per heavy atom. The minimum absolute atomic E-state index is 0.0535. The fourth-order valence-corrected chi connectivity index (χ4v) is 4.70. The molecule has 6 heteroatoms. The van der Waals surface area contributed by atoms with Gasteiger partial charge in [-0.15, -0.1) is 11.3 Å². The summed E-state index contributed by atoms with van der Waals surface area (Å²) < 4.78 is 0. The van der Waals surface area contributed by atoms with E-state index in [0.29, 0.717) is 23.7 Å². The second-order valence-corrected chi connectivity index (χ2v) is 9.67. The van der Waals surface area contributed by atoms with Crippen LogP contribution in [-0.2, 0) is 17.9 Å². The second-order valence-electron chi connectivity index (χ2n) is 7.89.